The average molecular weight is 372 g/mol. The van der Waals surface area contributed by atoms with Crippen LogP contribution in [0.25, 0.3) is 0 Å². The van der Waals surface area contributed by atoms with Gasteiger partial charge in [-0.05, 0) is 50.2 Å². The molecule has 1 fully saturated rings. The van der Waals surface area contributed by atoms with Crippen LogP contribution in [0.4, 0.5) is 17.1 Å². The molecule has 144 valence electrons. The number of benzene rings is 3. The summed E-state index contributed by atoms with van der Waals surface area (Å²) >= 11 is 0. The lowest BCUT2D eigenvalue weighted by Crippen LogP contribution is -2.39. The molecule has 0 aliphatic carbocycles. The number of anilines is 3. The Bertz CT molecular complexity index is 857. The van der Waals surface area contributed by atoms with Crippen molar-refractivity contribution >= 4 is 17.1 Å². The molecule has 0 bridgehead atoms. The van der Waals surface area contributed by atoms with Gasteiger partial charge in [0.25, 0.3) is 0 Å². The first kappa shape index (κ1) is 18.8. The molecule has 0 saturated carbocycles. The summed E-state index contributed by atoms with van der Waals surface area (Å²) in [6.45, 7) is 8.02. The van der Waals surface area contributed by atoms with Crippen LogP contribution in [0.15, 0.2) is 72.8 Å². The van der Waals surface area contributed by atoms with Gasteiger partial charge in [-0.3, -0.25) is 0 Å². The Kier molecular flexibility index (Phi) is 5.23. The maximum atomic E-state index is 2.39. The van der Waals surface area contributed by atoms with E-state index in [0.29, 0.717) is 0 Å². The topological polar surface area (TPSA) is 3.24 Å². The summed E-state index contributed by atoms with van der Waals surface area (Å²) in [5.41, 5.74) is 7.60. The number of rotatable bonds is 5. The predicted octanol–water partition coefficient (Wildman–Crippen LogP) is 6.51. The van der Waals surface area contributed by atoms with Gasteiger partial charge in [-0.15, -0.1) is 0 Å². The molecule has 1 heterocycles. The van der Waals surface area contributed by atoms with E-state index < -0.39 is 0 Å². The second kappa shape index (κ2) is 7.81. The van der Waals surface area contributed by atoms with Crippen LogP contribution >= 0.6 is 0 Å². The van der Waals surface area contributed by atoms with Crippen LogP contribution in [0.2, 0.25) is 0 Å². The van der Waals surface area contributed by atoms with Gasteiger partial charge in [0.15, 0.2) is 0 Å². The highest BCUT2D eigenvalue weighted by atomic mass is 15.3. The SMILES string of the molecule is Cc1ccc(N(c2ccc(C)cc2)c2ccc(C[N+]3(C)CCCC3)cc2)cc1. The summed E-state index contributed by atoms with van der Waals surface area (Å²) in [5.74, 6) is 0. The quantitative estimate of drug-likeness (QED) is 0.462. The van der Waals surface area contributed by atoms with E-state index in [2.05, 4.69) is 98.6 Å². The Morgan fingerprint density at radius 1 is 0.643 bits per heavy atom. The van der Waals surface area contributed by atoms with E-state index in [-0.39, 0.29) is 0 Å². The molecule has 2 heteroatoms. The summed E-state index contributed by atoms with van der Waals surface area (Å²) in [6, 6.07) is 26.7. The van der Waals surface area contributed by atoms with Gasteiger partial charge < -0.3 is 9.38 Å². The first-order valence-corrected chi connectivity index (χ1v) is 10.4. The molecule has 0 N–H and O–H groups in total. The van der Waals surface area contributed by atoms with Gasteiger partial charge in [-0.1, -0.05) is 47.5 Å². The maximum Gasteiger partial charge on any atom is 0.104 e. The zero-order valence-corrected chi connectivity index (χ0v) is 17.4. The van der Waals surface area contributed by atoms with Crippen molar-refractivity contribution in [2.45, 2.75) is 33.2 Å². The van der Waals surface area contributed by atoms with Crippen molar-refractivity contribution in [2.24, 2.45) is 0 Å². The number of likely N-dealkylation sites (tertiary alicyclic amines) is 1. The lowest BCUT2D eigenvalue weighted by Gasteiger charge is -2.30. The molecule has 0 radical (unpaired) electrons. The van der Waals surface area contributed by atoms with Crippen LogP contribution in [-0.2, 0) is 6.54 Å². The first-order chi connectivity index (χ1) is 13.5. The van der Waals surface area contributed by atoms with E-state index in [1.807, 2.05) is 0 Å². The lowest BCUT2D eigenvalue weighted by atomic mass is 10.1. The van der Waals surface area contributed by atoms with Crippen molar-refractivity contribution in [3.63, 3.8) is 0 Å². The largest absolute Gasteiger partial charge is 0.322 e. The summed E-state index contributed by atoms with van der Waals surface area (Å²) in [5, 5.41) is 0. The van der Waals surface area contributed by atoms with Gasteiger partial charge >= 0.3 is 0 Å². The molecular formula is C26H31N2+. The van der Waals surface area contributed by atoms with Gasteiger partial charge in [-0.2, -0.15) is 0 Å². The summed E-state index contributed by atoms with van der Waals surface area (Å²) < 4.78 is 1.18. The van der Waals surface area contributed by atoms with Crippen LogP contribution in [-0.4, -0.2) is 24.6 Å². The van der Waals surface area contributed by atoms with Crippen LogP contribution in [0.1, 0.15) is 29.5 Å². The molecule has 4 rings (SSSR count). The van der Waals surface area contributed by atoms with E-state index in [9.17, 15) is 0 Å². The Hall–Kier alpha value is -2.58. The van der Waals surface area contributed by atoms with Gasteiger partial charge in [0, 0.05) is 35.5 Å². The molecule has 0 amide bonds. The van der Waals surface area contributed by atoms with Crippen molar-refractivity contribution in [1.29, 1.82) is 0 Å². The third kappa shape index (κ3) is 4.13. The van der Waals surface area contributed by atoms with Crippen molar-refractivity contribution in [1.82, 2.24) is 0 Å². The molecule has 1 aliphatic heterocycles. The van der Waals surface area contributed by atoms with Gasteiger partial charge in [0.1, 0.15) is 6.54 Å². The zero-order chi connectivity index (χ0) is 19.6. The fourth-order valence-electron chi connectivity index (χ4n) is 4.28. The minimum Gasteiger partial charge on any atom is -0.322 e. The van der Waals surface area contributed by atoms with Crippen molar-refractivity contribution in [2.75, 3.05) is 25.0 Å². The summed E-state index contributed by atoms with van der Waals surface area (Å²) in [6.07, 6.45) is 2.73. The van der Waals surface area contributed by atoms with Crippen molar-refractivity contribution < 1.29 is 4.48 Å². The fourth-order valence-corrected chi connectivity index (χ4v) is 4.28. The lowest BCUT2D eigenvalue weighted by molar-refractivity contribution is -0.910. The third-order valence-corrected chi connectivity index (χ3v) is 5.99. The molecule has 1 aliphatic rings. The van der Waals surface area contributed by atoms with Gasteiger partial charge in [0.2, 0.25) is 0 Å². The second-order valence-corrected chi connectivity index (χ2v) is 8.60. The number of aryl methyl sites for hydroxylation is 2. The highest BCUT2D eigenvalue weighted by Crippen LogP contribution is 2.35. The number of quaternary nitrogens is 1. The van der Waals surface area contributed by atoms with Crippen molar-refractivity contribution in [3.05, 3.63) is 89.5 Å². The standard InChI is InChI=1S/C26H31N2/c1-21-6-12-24(13-7-21)27(25-14-8-22(2)9-15-25)26-16-10-23(11-17-26)20-28(3)18-4-5-19-28/h6-17H,4-5,18-20H2,1-3H3/q+1. The molecular weight excluding hydrogens is 340 g/mol. The van der Waals surface area contributed by atoms with Crippen LogP contribution in [0, 0.1) is 13.8 Å². The fraction of sp³-hybridized carbons (Fsp3) is 0.308. The smallest absolute Gasteiger partial charge is 0.104 e. The van der Waals surface area contributed by atoms with E-state index in [4.69, 9.17) is 0 Å². The van der Waals surface area contributed by atoms with Crippen molar-refractivity contribution in [3.8, 4) is 0 Å². The number of hydrogen-bond acceptors (Lipinski definition) is 1. The van der Waals surface area contributed by atoms with Crippen LogP contribution in [0.3, 0.4) is 0 Å². The summed E-state index contributed by atoms with van der Waals surface area (Å²) in [4.78, 5) is 2.34. The molecule has 3 aromatic carbocycles. The highest BCUT2D eigenvalue weighted by Gasteiger charge is 2.26. The monoisotopic (exact) mass is 371 g/mol. The Balaban J connectivity index is 1.66. The molecule has 0 spiro atoms. The number of hydrogen-bond donors (Lipinski definition) is 0. The Morgan fingerprint density at radius 2 is 1.04 bits per heavy atom. The molecule has 28 heavy (non-hydrogen) atoms. The van der Waals surface area contributed by atoms with E-state index >= 15 is 0 Å². The zero-order valence-electron chi connectivity index (χ0n) is 17.4. The highest BCUT2D eigenvalue weighted by molar-refractivity contribution is 5.76. The van der Waals surface area contributed by atoms with E-state index in [0.717, 1.165) is 6.54 Å². The predicted molar refractivity (Wildman–Crippen MR) is 119 cm³/mol. The molecule has 3 aromatic rings. The van der Waals surface area contributed by atoms with Crippen LogP contribution in [0.5, 0.6) is 0 Å². The first-order valence-electron chi connectivity index (χ1n) is 10.4. The second-order valence-electron chi connectivity index (χ2n) is 8.60. The van der Waals surface area contributed by atoms with Gasteiger partial charge in [0.05, 0.1) is 20.1 Å². The molecule has 2 nitrogen and oxygen atoms in total. The normalized spacial score (nSPS) is 15.5. The van der Waals surface area contributed by atoms with E-state index in [1.54, 1.807) is 0 Å². The Morgan fingerprint density at radius 3 is 1.46 bits per heavy atom. The minimum absolute atomic E-state index is 1.13. The Labute approximate surface area is 169 Å². The van der Waals surface area contributed by atoms with E-state index in [1.165, 1.54) is 64.2 Å². The average Bonchev–Trinajstić information content (AvgIpc) is 3.12. The molecule has 0 aromatic heterocycles. The summed E-state index contributed by atoms with van der Waals surface area (Å²) in [7, 11) is 2.39. The van der Waals surface area contributed by atoms with Gasteiger partial charge in [-0.25, -0.2) is 0 Å². The number of nitrogens with zero attached hydrogens (tertiary/aromatic N) is 2. The minimum atomic E-state index is 1.13. The van der Waals surface area contributed by atoms with Crippen LogP contribution < -0.4 is 4.90 Å². The molecule has 0 atom stereocenters. The molecule has 0 unspecified atom stereocenters. The third-order valence-electron chi connectivity index (χ3n) is 5.99. The molecule has 1 saturated heterocycles. The maximum absolute atomic E-state index is 2.39.